The van der Waals surface area contributed by atoms with Crippen LogP contribution in [0.15, 0.2) is 88.1 Å². The molecule has 3 aromatic carbocycles. The van der Waals surface area contributed by atoms with Crippen molar-refractivity contribution in [2.45, 2.75) is 13.1 Å². The Bertz CT molecular complexity index is 1420. The van der Waals surface area contributed by atoms with Gasteiger partial charge >= 0.3 is 12.1 Å². The molecule has 0 aliphatic heterocycles. The van der Waals surface area contributed by atoms with E-state index in [1.165, 1.54) is 36.4 Å². The fraction of sp³-hybridized carbons (Fsp3) is 0.0769. The maximum atomic E-state index is 13.7. The average Bonchev–Trinajstić information content (AvgIpc) is 2.80. The Morgan fingerprint density at radius 2 is 1.62 bits per heavy atom. The van der Waals surface area contributed by atoms with Gasteiger partial charge in [-0.05, 0) is 42.8 Å². The van der Waals surface area contributed by atoms with Crippen LogP contribution in [0.4, 0.5) is 13.2 Å². The Kier molecular flexibility index (Phi) is 6.23. The van der Waals surface area contributed by atoms with Crippen LogP contribution >= 0.6 is 0 Å². The van der Waals surface area contributed by atoms with Crippen molar-refractivity contribution in [2.24, 2.45) is 0 Å². The number of carbonyl (C=O) groups is 1. The zero-order chi connectivity index (χ0) is 24.3. The molecule has 0 unspecified atom stereocenters. The van der Waals surface area contributed by atoms with Crippen LogP contribution in [0, 0.1) is 6.92 Å². The van der Waals surface area contributed by atoms with E-state index in [9.17, 15) is 22.8 Å². The van der Waals surface area contributed by atoms with Crippen LogP contribution in [0.3, 0.4) is 0 Å². The van der Waals surface area contributed by atoms with Crippen molar-refractivity contribution in [3.05, 3.63) is 106 Å². The molecule has 0 bridgehead atoms. The van der Waals surface area contributed by atoms with Gasteiger partial charge in [0, 0.05) is 12.1 Å². The van der Waals surface area contributed by atoms with E-state index in [0.29, 0.717) is 0 Å². The molecule has 0 fully saturated rings. The minimum absolute atomic E-state index is 0.0542. The zero-order valence-electron chi connectivity index (χ0n) is 17.8. The second-order valence-electron chi connectivity index (χ2n) is 7.33. The van der Waals surface area contributed by atoms with E-state index in [2.05, 4.69) is 0 Å². The molecule has 1 heterocycles. The molecule has 172 valence electrons. The van der Waals surface area contributed by atoms with Gasteiger partial charge in [-0.15, -0.1) is 0 Å². The van der Waals surface area contributed by atoms with Crippen molar-refractivity contribution in [2.75, 3.05) is 0 Å². The van der Waals surface area contributed by atoms with Gasteiger partial charge in [-0.1, -0.05) is 48.0 Å². The summed E-state index contributed by atoms with van der Waals surface area (Å²) in [4.78, 5) is 25.0. The molecule has 0 radical (unpaired) electrons. The minimum atomic E-state index is -5.00. The highest BCUT2D eigenvalue weighted by atomic mass is 19.4. The Balaban J connectivity index is 1.67. The van der Waals surface area contributed by atoms with Gasteiger partial charge in [0.25, 0.3) is 5.76 Å². The van der Waals surface area contributed by atoms with Crippen molar-refractivity contribution in [3.63, 3.8) is 0 Å². The van der Waals surface area contributed by atoms with Gasteiger partial charge in [-0.25, -0.2) is 4.79 Å². The van der Waals surface area contributed by atoms with Crippen LogP contribution in [0.25, 0.3) is 17.0 Å². The molecule has 0 N–H and O–H groups in total. The van der Waals surface area contributed by atoms with Crippen LogP contribution in [0.2, 0.25) is 0 Å². The SMILES string of the molecule is Cc1ccc(Oc2c(C(F)(F)F)oc3cc(OC(=O)C=Cc4ccccc4)ccc3c2=O)cc1. The largest absolute Gasteiger partial charge is 0.453 e. The van der Waals surface area contributed by atoms with E-state index in [-0.39, 0.29) is 16.9 Å². The molecule has 34 heavy (non-hydrogen) atoms. The summed E-state index contributed by atoms with van der Waals surface area (Å²) in [5.41, 5.74) is 0.233. The lowest BCUT2D eigenvalue weighted by Crippen LogP contribution is -2.15. The first-order valence-corrected chi connectivity index (χ1v) is 10.1. The molecule has 0 spiro atoms. The summed E-state index contributed by atoms with van der Waals surface area (Å²) in [6.45, 7) is 1.80. The standard InChI is InChI=1S/C26H17F3O5/c1-16-7-10-18(11-8-16)33-24-23(31)20-13-12-19(15-21(20)34-25(24)26(27,28)29)32-22(30)14-9-17-5-3-2-4-6-17/h2-15H,1H3. The van der Waals surface area contributed by atoms with Crippen molar-refractivity contribution in [3.8, 4) is 17.2 Å². The summed E-state index contributed by atoms with van der Waals surface area (Å²) >= 11 is 0. The highest BCUT2D eigenvalue weighted by Crippen LogP contribution is 2.38. The number of halogens is 3. The molecular formula is C26H17F3O5. The first-order chi connectivity index (χ1) is 16.2. The summed E-state index contributed by atoms with van der Waals surface area (Å²) in [6, 6.07) is 18.7. The quantitative estimate of drug-likeness (QED) is 0.190. The maximum absolute atomic E-state index is 13.7. The van der Waals surface area contributed by atoms with Crippen molar-refractivity contribution in [1.82, 2.24) is 0 Å². The second kappa shape index (κ2) is 9.27. The number of alkyl halides is 3. The van der Waals surface area contributed by atoms with E-state index < -0.39 is 34.7 Å². The normalized spacial score (nSPS) is 11.6. The summed E-state index contributed by atoms with van der Waals surface area (Å²) < 4.78 is 56.5. The number of esters is 1. The number of rotatable bonds is 5. The summed E-state index contributed by atoms with van der Waals surface area (Å²) in [6.07, 6.45) is -2.30. The molecule has 0 atom stereocenters. The molecule has 4 aromatic rings. The Labute approximate surface area is 191 Å². The van der Waals surface area contributed by atoms with E-state index in [1.807, 2.05) is 6.07 Å². The Hall–Kier alpha value is -4.33. The summed E-state index contributed by atoms with van der Waals surface area (Å²) in [5.74, 6) is -3.34. The van der Waals surface area contributed by atoms with Crippen LogP contribution < -0.4 is 14.9 Å². The van der Waals surface area contributed by atoms with E-state index >= 15 is 0 Å². The van der Waals surface area contributed by atoms with Crippen LogP contribution in [-0.4, -0.2) is 5.97 Å². The van der Waals surface area contributed by atoms with E-state index in [1.54, 1.807) is 43.3 Å². The third-order valence-electron chi connectivity index (χ3n) is 4.75. The number of aryl methyl sites for hydroxylation is 1. The maximum Gasteiger partial charge on any atom is 0.453 e. The molecule has 0 amide bonds. The summed E-state index contributed by atoms with van der Waals surface area (Å²) in [7, 11) is 0. The first kappa shape index (κ1) is 22.8. The van der Waals surface area contributed by atoms with Gasteiger partial charge in [-0.3, -0.25) is 4.79 Å². The fourth-order valence-electron chi connectivity index (χ4n) is 3.10. The third kappa shape index (κ3) is 5.17. The lowest BCUT2D eigenvalue weighted by Gasteiger charge is -2.13. The molecule has 8 heteroatoms. The minimum Gasteiger partial charge on any atom is -0.449 e. The van der Waals surface area contributed by atoms with Crippen LogP contribution in [-0.2, 0) is 11.0 Å². The molecule has 0 saturated carbocycles. The van der Waals surface area contributed by atoms with Crippen molar-refractivity contribution >= 4 is 23.0 Å². The number of hydrogen-bond donors (Lipinski definition) is 0. The number of carbonyl (C=O) groups excluding carboxylic acids is 1. The topological polar surface area (TPSA) is 65.7 Å². The molecule has 0 saturated heterocycles. The van der Waals surface area contributed by atoms with Gasteiger partial charge in [-0.2, -0.15) is 13.2 Å². The smallest absolute Gasteiger partial charge is 0.449 e. The van der Waals surface area contributed by atoms with Gasteiger partial charge in [0.15, 0.2) is 0 Å². The van der Waals surface area contributed by atoms with Crippen LogP contribution in [0.5, 0.6) is 17.2 Å². The molecule has 1 aromatic heterocycles. The Morgan fingerprint density at radius 1 is 0.941 bits per heavy atom. The molecule has 0 aliphatic rings. The van der Waals surface area contributed by atoms with Crippen molar-refractivity contribution in [1.29, 1.82) is 0 Å². The van der Waals surface area contributed by atoms with E-state index in [4.69, 9.17) is 13.9 Å². The van der Waals surface area contributed by atoms with Gasteiger partial charge in [0.2, 0.25) is 11.2 Å². The number of ether oxygens (including phenoxy) is 2. The molecule has 5 nitrogen and oxygen atoms in total. The van der Waals surface area contributed by atoms with E-state index in [0.717, 1.165) is 17.2 Å². The molecule has 4 rings (SSSR count). The van der Waals surface area contributed by atoms with Gasteiger partial charge in [0.1, 0.15) is 17.1 Å². The zero-order valence-corrected chi connectivity index (χ0v) is 17.8. The first-order valence-electron chi connectivity index (χ1n) is 10.1. The van der Waals surface area contributed by atoms with Crippen LogP contribution in [0.1, 0.15) is 16.9 Å². The summed E-state index contributed by atoms with van der Waals surface area (Å²) in [5, 5.41) is -0.158. The predicted molar refractivity (Wildman–Crippen MR) is 120 cm³/mol. The predicted octanol–water partition coefficient (Wildman–Crippen LogP) is 6.53. The monoisotopic (exact) mass is 466 g/mol. The van der Waals surface area contributed by atoms with Gasteiger partial charge < -0.3 is 13.9 Å². The van der Waals surface area contributed by atoms with Gasteiger partial charge in [0.05, 0.1) is 5.39 Å². The number of hydrogen-bond acceptors (Lipinski definition) is 5. The number of benzene rings is 3. The highest BCUT2D eigenvalue weighted by molar-refractivity contribution is 5.89. The fourth-order valence-corrected chi connectivity index (χ4v) is 3.10. The lowest BCUT2D eigenvalue weighted by atomic mass is 10.2. The molecular weight excluding hydrogens is 449 g/mol. The third-order valence-corrected chi connectivity index (χ3v) is 4.75. The average molecular weight is 466 g/mol. The molecule has 0 aliphatic carbocycles. The Morgan fingerprint density at radius 3 is 2.29 bits per heavy atom. The number of fused-ring (bicyclic) bond motifs is 1. The van der Waals surface area contributed by atoms with Crippen molar-refractivity contribution < 1.29 is 31.9 Å². The second-order valence-corrected chi connectivity index (χ2v) is 7.33. The highest BCUT2D eigenvalue weighted by Gasteiger charge is 2.40. The lowest BCUT2D eigenvalue weighted by molar-refractivity contribution is -0.154.